The Kier molecular flexibility index (Phi) is 6.62. The summed E-state index contributed by atoms with van der Waals surface area (Å²) in [6, 6.07) is 8.76. The van der Waals surface area contributed by atoms with E-state index in [0.717, 1.165) is 10.9 Å². The topological polar surface area (TPSA) is 97.6 Å². The molecule has 0 radical (unpaired) electrons. The Balaban J connectivity index is 1.68. The molecule has 4 rings (SSSR count). The number of aliphatic hydroxyl groups is 1. The molecule has 1 aliphatic heterocycles. The number of alkyl halides is 3. The summed E-state index contributed by atoms with van der Waals surface area (Å²) in [5, 5.41) is 19.4. The molecule has 3 aromatic rings. The predicted octanol–water partition coefficient (Wildman–Crippen LogP) is 4.87. The van der Waals surface area contributed by atoms with Crippen LogP contribution >= 0.6 is 0 Å². The zero-order valence-electron chi connectivity index (χ0n) is 19.3. The van der Waals surface area contributed by atoms with Gasteiger partial charge in [0.25, 0.3) is 5.91 Å². The van der Waals surface area contributed by atoms with Crippen molar-refractivity contribution in [2.24, 2.45) is 0 Å². The van der Waals surface area contributed by atoms with Crippen molar-refractivity contribution >= 4 is 17.4 Å². The number of hydrogen-bond acceptors (Lipinski definition) is 6. The molecule has 3 atom stereocenters. The van der Waals surface area contributed by atoms with Gasteiger partial charge in [0.1, 0.15) is 11.4 Å². The molecule has 0 bridgehead atoms. The fraction of sp³-hybridized carbons (Fsp3) is 0.333. The van der Waals surface area contributed by atoms with E-state index >= 15 is 0 Å². The number of aromatic nitrogens is 2. The average Bonchev–Trinajstić information content (AvgIpc) is 3.26. The number of fused-ring (bicyclic) bond motifs is 1. The molecule has 35 heavy (non-hydrogen) atoms. The van der Waals surface area contributed by atoms with E-state index in [1.807, 2.05) is 0 Å². The Morgan fingerprint density at radius 2 is 1.94 bits per heavy atom. The van der Waals surface area contributed by atoms with Gasteiger partial charge >= 0.3 is 6.18 Å². The van der Waals surface area contributed by atoms with Crippen LogP contribution < -0.4 is 20.1 Å². The summed E-state index contributed by atoms with van der Waals surface area (Å²) in [6.45, 7) is 1.59. The van der Waals surface area contributed by atoms with Gasteiger partial charge in [0.15, 0.2) is 17.5 Å². The van der Waals surface area contributed by atoms with Crippen molar-refractivity contribution < 1.29 is 32.5 Å². The van der Waals surface area contributed by atoms with Crippen molar-refractivity contribution in [3.8, 4) is 11.5 Å². The molecule has 1 aromatic heterocycles. The summed E-state index contributed by atoms with van der Waals surface area (Å²) in [4.78, 5) is 13.0. The monoisotopic (exact) mass is 490 g/mol. The van der Waals surface area contributed by atoms with Crippen LogP contribution in [0.25, 0.3) is 0 Å². The first kappa shape index (κ1) is 24.4. The van der Waals surface area contributed by atoms with Crippen LogP contribution in [0, 0.1) is 0 Å². The first-order valence-electron chi connectivity index (χ1n) is 10.8. The number of rotatable bonds is 6. The molecule has 0 saturated carbocycles. The largest absolute Gasteiger partial charge is 0.493 e. The van der Waals surface area contributed by atoms with E-state index in [-0.39, 0.29) is 17.8 Å². The van der Waals surface area contributed by atoms with Gasteiger partial charge in [-0.25, -0.2) is 4.68 Å². The molecule has 2 heterocycles. The van der Waals surface area contributed by atoms with Crippen LogP contribution in [0.5, 0.6) is 11.5 Å². The van der Waals surface area contributed by atoms with Crippen LogP contribution in [-0.4, -0.2) is 41.2 Å². The smallest absolute Gasteiger partial charge is 0.410 e. The molecule has 0 saturated heterocycles. The number of halogens is 3. The quantitative estimate of drug-likeness (QED) is 0.456. The third-order valence-electron chi connectivity index (χ3n) is 5.92. The van der Waals surface area contributed by atoms with Crippen LogP contribution in [0.1, 0.15) is 53.0 Å². The molecule has 8 nitrogen and oxygen atoms in total. The summed E-state index contributed by atoms with van der Waals surface area (Å²) >= 11 is 0. The number of carbonyl (C=O) groups is 1. The van der Waals surface area contributed by atoms with Crippen LogP contribution in [0.4, 0.5) is 24.7 Å². The van der Waals surface area contributed by atoms with Crippen LogP contribution in [0.3, 0.4) is 0 Å². The predicted molar refractivity (Wildman–Crippen MR) is 123 cm³/mol. The van der Waals surface area contributed by atoms with Crippen molar-refractivity contribution in [3.05, 3.63) is 65.4 Å². The molecule has 11 heteroatoms. The maximum Gasteiger partial charge on any atom is 0.410 e. The van der Waals surface area contributed by atoms with E-state index in [0.29, 0.717) is 28.3 Å². The highest BCUT2D eigenvalue weighted by molar-refractivity contribution is 6.07. The number of amides is 1. The Morgan fingerprint density at radius 1 is 1.20 bits per heavy atom. The highest BCUT2D eigenvalue weighted by atomic mass is 19.4. The fourth-order valence-electron chi connectivity index (χ4n) is 4.09. The second kappa shape index (κ2) is 9.49. The molecular weight excluding hydrogens is 465 g/mol. The SMILES string of the molecule is COc1ccc([C@H]2C[C@@H](C(F)(F)F)n3ncc(C(=O)Nc4cccc([C@H](C)O)c4)c3N2)cc1OC. The number of anilines is 2. The Bertz CT molecular complexity index is 1230. The highest BCUT2D eigenvalue weighted by Gasteiger charge is 2.47. The van der Waals surface area contributed by atoms with Gasteiger partial charge in [-0.3, -0.25) is 4.79 Å². The summed E-state index contributed by atoms with van der Waals surface area (Å²) in [5.41, 5.74) is 1.49. The van der Waals surface area contributed by atoms with E-state index in [4.69, 9.17) is 9.47 Å². The van der Waals surface area contributed by atoms with Crippen molar-refractivity contribution in [2.45, 2.75) is 37.7 Å². The van der Waals surface area contributed by atoms with Gasteiger partial charge in [0.05, 0.1) is 32.6 Å². The maximum absolute atomic E-state index is 14.0. The van der Waals surface area contributed by atoms with E-state index in [2.05, 4.69) is 15.7 Å². The lowest BCUT2D eigenvalue weighted by Gasteiger charge is -2.34. The normalized spacial score (nSPS) is 18.3. The number of carbonyl (C=O) groups excluding carboxylic acids is 1. The number of methoxy groups -OCH3 is 2. The van der Waals surface area contributed by atoms with Gasteiger partial charge in [-0.2, -0.15) is 18.3 Å². The first-order chi connectivity index (χ1) is 16.6. The van der Waals surface area contributed by atoms with Gasteiger partial charge < -0.3 is 25.2 Å². The number of nitrogens with one attached hydrogen (secondary N) is 2. The number of nitrogens with zero attached hydrogens (tertiary/aromatic N) is 2. The molecule has 186 valence electrons. The molecular formula is C24H25F3N4O4. The standard InChI is InChI=1S/C24H25F3N4O4/c1-13(32)14-5-4-6-16(9-14)29-23(33)17-12-28-31-21(24(25,26)27)11-18(30-22(17)31)15-7-8-19(34-2)20(10-15)35-3/h4-10,12-13,18,21,30,32H,11H2,1-3H3,(H,29,33)/t13-,18+,21-/m0/s1. The van der Waals surface area contributed by atoms with Gasteiger partial charge in [0.2, 0.25) is 0 Å². The Hall–Kier alpha value is -3.73. The Morgan fingerprint density at radius 3 is 2.60 bits per heavy atom. The van der Waals surface area contributed by atoms with Crippen molar-refractivity contribution in [3.63, 3.8) is 0 Å². The molecule has 0 spiro atoms. The molecule has 0 aliphatic carbocycles. The lowest BCUT2D eigenvalue weighted by atomic mass is 9.96. The summed E-state index contributed by atoms with van der Waals surface area (Å²) in [5.74, 6) is 0.160. The van der Waals surface area contributed by atoms with Gasteiger partial charge in [-0.15, -0.1) is 0 Å². The zero-order chi connectivity index (χ0) is 25.3. The molecule has 3 N–H and O–H groups in total. The van der Waals surface area contributed by atoms with Gasteiger partial charge in [-0.05, 0) is 42.3 Å². The van der Waals surface area contributed by atoms with Crippen molar-refractivity contribution in [1.82, 2.24) is 9.78 Å². The van der Waals surface area contributed by atoms with E-state index < -0.39 is 30.3 Å². The second-order valence-corrected chi connectivity index (χ2v) is 8.21. The second-order valence-electron chi connectivity index (χ2n) is 8.21. The maximum atomic E-state index is 14.0. The van der Waals surface area contributed by atoms with E-state index in [1.165, 1.54) is 14.2 Å². The average molecular weight is 490 g/mol. The molecule has 1 aliphatic rings. The third-order valence-corrected chi connectivity index (χ3v) is 5.92. The number of benzene rings is 2. The molecule has 1 amide bonds. The number of aliphatic hydroxyl groups excluding tert-OH is 1. The summed E-state index contributed by atoms with van der Waals surface area (Å²) < 4.78 is 53.3. The zero-order valence-corrected chi connectivity index (χ0v) is 19.3. The third kappa shape index (κ3) is 4.90. The van der Waals surface area contributed by atoms with Gasteiger partial charge in [0, 0.05) is 12.1 Å². The minimum absolute atomic E-state index is 0.0353. The first-order valence-corrected chi connectivity index (χ1v) is 10.8. The molecule has 0 unspecified atom stereocenters. The minimum atomic E-state index is -4.59. The Labute approximate surface area is 199 Å². The summed E-state index contributed by atoms with van der Waals surface area (Å²) in [6.07, 6.45) is -4.54. The van der Waals surface area contributed by atoms with E-state index in [1.54, 1.807) is 49.4 Å². The molecule has 0 fully saturated rings. The van der Waals surface area contributed by atoms with Crippen LogP contribution in [0.15, 0.2) is 48.7 Å². The van der Waals surface area contributed by atoms with Crippen molar-refractivity contribution in [1.29, 1.82) is 0 Å². The van der Waals surface area contributed by atoms with Crippen molar-refractivity contribution in [2.75, 3.05) is 24.9 Å². The minimum Gasteiger partial charge on any atom is -0.493 e. The van der Waals surface area contributed by atoms with Gasteiger partial charge in [-0.1, -0.05) is 18.2 Å². The summed E-state index contributed by atoms with van der Waals surface area (Å²) in [7, 11) is 2.91. The molecule has 2 aromatic carbocycles. The highest BCUT2D eigenvalue weighted by Crippen LogP contribution is 2.45. The van der Waals surface area contributed by atoms with Crippen LogP contribution in [-0.2, 0) is 0 Å². The lowest BCUT2D eigenvalue weighted by Crippen LogP contribution is -2.36. The number of hydrogen-bond donors (Lipinski definition) is 3. The van der Waals surface area contributed by atoms with E-state index in [9.17, 15) is 23.1 Å². The van der Waals surface area contributed by atoms with Crippen LogP contribution in [0.2, 0.25) is 0 Å². The fourth-order valence-corrected chi connectivity index (χ4v) is 4.09. The number of ether oxygens (including phenoxy) is 2. The lowest BCUT2D eigenvalue weighted by molar-refractivity contribution is -0.173.